The van der Waals surface area contributed by atoms with Gasteiger partial charge in [-0.1, -0.05) is 24.3 Å². The number of nitrogens with two attached hydrogens (primary N) is 1. The van der Waals surface area contributed by atoms with E-state index in [2.05, 4.69) is 15.2 Å². The maximum absolute atomic E-state index is 12.6. The number of para-hydroxylation sites is 2. The fraction of sp³-hybridized carbons (Fsp3) is 0.391. The Labute approximate surface area is 187 Å². The Bertz CT molecular complexity index is 1150. The number of sulfonamides is 1. The highest BCUT2D eigenvalue weighted by Crippen LogP contribution is 2.30. The minimum Gasteiger partial charge on any atom is -0.440 e. The minimum absolute atomic E-state index is 0.00790. The van der Waals surface area contributed by atoms with Gasteiger partial charge in [-0.15, -0.1) is 0 Å². The van der Waals surface area contributed by atoms with Crippen LogP contribution in [0.2, 0.25) is 0 Å². The van der Waals surface area contributed by atoms with E-state index in [0.29, 0.717) is 13.0 Å². The third kappa shape index (κ3) is 5.17. The van der Waals surface area contributed by atoms with Gasteiger partial charge in [0.2, 0.25) is 15.9 Å². The molecule has 3 N–H and O–H groups in total. The molecule has 1 aliphatic rings. The number of fused-ring (bicyclic) bond motifs is 1. The van der Waals surface area contributed by atoms with Crippen molar-refractivity contribution < 1.29 is 17.6 Å². The van der Waals surface area contributed by atoms with Gasteiger partial charge >= 0.3 is 0 Å². The third-order valence-corrected chi connectivity index (χ3v) is 7.01. The molecule has 0 bridgehead atoms. The standard InChI is InChI=1S/C23H28N4O4S/c1-16(22(28)25-13-10-17-6-8-19(9-7-17)32(24,29)30)27-14-11-18(12-15-27)23-26-20-4-2-3-5-21(20)31-23/h2-9,16,18H,10-15H2,1H3,(H,25,28)(H2,24,29,30)/t16-/m1/s1. The molecule has 1 aliphatic heterocycles. The van der Waals surface area contributed by atoms with E-state index >= 15 is 0 Å². The van der Waals surface area contributed by atoms with Crippen LogP contribution in [0.15, 0.2) is 57.8 Å². The Morgan fingerprint density at radius 2 is 1.88 bits per heavy atom. The Kier molecular flexibility index (Phi) is 6.59. The van der Waals surface area contributed by atoms with E-state index in [0.717, 1.165) is 48.5 Å². The molecule has 0 radical (unpaired) electrons. The lowest BCUT2D eigenvalue weighted by molar-refractivity contribution is -0.126. The van der Waals surface area contributed by atoms with Crippen molar-refractivity contribution in [2.45, 2.75) is 43.0 Å². The summed E-state index contributed by atoms with van der Waals surface area (Å²) in [5.74, 6) is 1.05. The van der Waals surface area contributed by atoms with Crippen LogP contribution in [-0.2, 0) is 21.2 Å². The molecule has 0 saturated carbocycles. The number of hydrogen-bond acceptors (Lipinski definition) is 6. The molecule has 2 aromatic carbocycles. The highest BCUT2D eigenvalue weighted by Gasteiger charge is 2.29. The molecule has 4 rings (SSSR count). The van der Waals surface area contributed by atoms with E-state index in [4.69, 9.17) is 9.56 Å². The summed E-state index contributed by atoms with van der Waals surface area (Å²) in [5, 5.41) is 8.09. The van der Waals surface area contributed by atoms with Crippen LogP contribution in [0.25, 0.3) is 11.1 Å². The third-order valence-electron chi connectivity index (χ3n) is 6.08. The number of nitrogens with one attached hydrogen (secondary N) is 1. The first kappa shape index (κ1) is 22.4. The van der Waals surface area contributed by atoms with E-state index < -0.39 is 10.0 Å². The molecule has 32 heavy (non-hydrogen) atoms. The zero-order valence-electron chi connectivity index (χ0n) is 18.0. The van der Waals surface area contributed by atoms with Crippen LogP contribution >= 0.6 is 0 Å². The van der Waals surface area contributed by atoms with E-state index in [9.17, 15) is 13.2 Å². The molecule has 0 aliphatic carbocycles. The van der Waals surface area contributed by atoms with Crippen molar-refractivity contribution in [3.63, 3.8) is 0 Å². The lowest BCUT2D eigenvalue weighted by atomic mass is 9.95. The molecule has 8 nitrogen and oxygen atoms in total. The number of oxazole rings is 1. The van der Waals surface area contributed by atoms with Crippen molar-refractivity contribution >= 4 is 27.0 Å². The number of amides is 1. The summed E-state index contributed by atoms with van der Waals surface area (Å²) < 4.78 is 28.6. The predicted octanol–water partition coefficient (Wildman–Crippen LogP) is 2.40. The van der Waals surface area contributed by atoms with E-state index in [1.807, 2.05) is 31.2 Å². The number of primary sulfonamides is 1. The van der Waals surface area contributed by atoms with Crippen molar-refractivity contribution in [1.82, 2.24) is 15.2 Å². The number of piperidine rings is 1. The highest BCUT2D eigenvalue weighted by molar-refractivity contribution is 7.89. The lowest BCUT2D eigenvalue weighted by Crippen LogP contribution is -2.48. The molecule has 1 atom stereocenters. The van der Waals surface area contributed by atoms with Gasteiger partial charge in [-0.25, -0.2) is 18.5 Å². The van der Waals surface area contributed by atoms with E-state index in [-0.39, 0.29) is 22.8 Å². The Morgan fingerprint density at radius 1 is 1.19 bits per heavy atom. The summed E-state index contributed by atoms with van der Waals surface area (Å²) in [5.41, 5.74) is 2.64. The molecule has 1 aromatic heterocycles. The summed E-state index contributed by atoms with van der Waals surface area (Å²) in [7, 11) is -3.69. The summed E-state index contributed by atoms with van der Waals surface area (Å²) in [6.07, 6.45) is 2.42. The molecule has 0 unspecified atom stereocenters. The maximum atomic E-state index is 12.6. The van der Waals surface area contributed by atoms with E-state index in [1.54, 1.807) is 12.1 Å². The van der Waals surface area contributed by atoms with Gasteiger partial charge in [0.05, 0.1) is 10.9 Å². The first-order valence-electron chi connectivity index (χ1n) is 10.8. The molecular weight excluding hydrogens is 428 g/mol. The molecule has 0 spiro atoms. The predicted molar refractivity (Wildman–Crippen MR) is 122 cm³/mol. The van der Waals surface area contributed by atoms with Crippen molar-refractivity contribution in [2.75, 3.05) is 19.6 Å². The van der Waals surface area contributed by atoms with Crippen molar-refractivity contribution in [3.8, 4) is 0 Å². The van der Waals surface area contributed by atoms with Crippen LogP contribution in [0.1, 0.15) is 37.1 Å². The molecule has 1 amide bonds. The first-order valence-corrected chi connectivity index (χ1v) is 12.3. The van der Waals surface area contributed by atoms with Crippen LogP contribution in [0.5, 0.6) is 0 Å². The van der Waals surface area contributed by atoms with Gasteiger partial charge < -0.3 is 9.73 Å². The summed E-state index contributed by atoms with van der Waals surface area (Å²) in [4.78, 5) is 19.5. The number of carbonyl (C=O) groups is 1. The largest absolute Gasteiger partial charge is 0.440 e. The summed E-state index contributed by atoms with van der Waals surface area (Å²) in [6.45, 7) is 4.03. The number of carbonyl (C=O) groups excluding carboxylic acids is 1. The van der Waals surface area contributed by atoms with Crippen LogP contribution in [0.4, 0.5) is 0 Å². The molecule has 3 aromatic rings. The second-order valence-corrected chi connectivity index (χ2v) is 9.80. The fourth-order valence-electron chi connectivity index (χ4n) is 4.09. The van der Waals surface area contributed by atoms with Gasteiger partial charge in [-0.05, 0) is 69.1 Å². The van der Waals surface area contributed by atoms with Gasteiger partial charge in [-0.3, -0.25) is 9.69 Å². The highest BCUT2D eigenvalue weighted by atomic mass is 32.2. The second kappa shape index (κ2) is 9.40. The van der Waals surface area contributed by atoms with Gasteiger partial charge in [0.15, 0.2) is 11.5 Å². The topological polar surface area (TPSA) is 119 Å². The van der Waals surface area contributed by atoms with Crippen molar-refractivity contribution in [1.29, 1.82) is 0 Å². The summed E-state index contributed by atoms with van der Waals surface area (Å²) >= 11 is 0. The molecule has 1 fully saturated rings. The van der Waals surface area contributed by atoms with Crippen LogP contribution in [0.3, 0.4) is 0 Å². The smallest absolute Gasteiger partial charge is 0.238 e. The number of likely N-dealkylation sites (tertiary alicyclic amines) is 1. The van der Waals surface area contributed by atoms with Gasteiger partial charge in [0, 0.05) is 12.5 Å². The number of rotatable bonds is 7. The Balaban J connectivity index is 1.24. The van der Waals surface area contributed by atoms with Gasteiger partial charge in [0.25, 0.3) is 0 Å². The van der Waals surface area contributed by atoms with Crippen LogP contribution < -0.4 is 10.5 Å². The van der Waals surface area contributed by atoms with Gasteiger partial charge in [-0.2, -0.15) is 0 Å². The van der Waals surface area contributed by atoms with Crippen LogP contribution in [-0.4, -0.2) is 49.9 Å². The number of benzene rings is 2. The fourth-order valence-corrected chi connectivity index (χ4v) is 4.60. The van der Waals surface area contributed by atoms with Crippen molar-refractivity contribution in [3.05, 3.63) is 60.0 Å². The SMILES string of the molecule is C[C@H](C(=O)NCCc1ccc(S(N)(=O)=O)cc1)N1CCC(c2nc3ccccc3o2)CC1. The Morgan fingerprint density at radius 3 is 2.53 bits per heavy atom. The zero-order chi connectivity index (χ0) is 22.7. The molecule has 1 saturated heterocycles. The average Bonchev–Trinajstić information content (AvgIpc) is 3.23. The normalized spacial score (nSPS) is 16.8. The first-order chi connectivity index (χ1) is 15.3. The molecule has 9 heteroatoms. The van der Waals surface area contributed by atoms with Gasteiger partial charge in [0.1, 0.15) is 5.52 Å². The molecule has 2 heterocycles. The zero-order valence-corrected chi connectivity index (χ0v) is 18.8. The second-order valence-electron chi connectivity index (χ2n) is 8.24. The van der Waals surface area contributed by atoms with Crippen molar-refractivity contribution in [2.24, 2.45) is 5.14 Å². The number of nitrogens with zero attached hydrogens (tertiary/aromatic N) is 2. The number of hydrogen-bond donors (Lipinski definition) is 2. The average molecular weight is 457 g/mol. The van der Waals surface area contributed by atoms with E-state index in [1.165, 1.54) is 12.1 Å². The quantitative estimate of drug-likeness (QED) is 0.564. The number of aromatic nitrogens is 1. The summed E-state index contributed by atoms with van der Waals surface area (Å²) in [6, 6.07) is 14.0. The molecular formula is C23H28N4O4S. The minimum atomic E-state index is -3.69. The molecule has 170 valence electrons. The lowest BCUT2D eigenvalue weighted by Gasteiger charge is -2.34. The monoisotopic (exact) mass is 456 g/mol. The Hall–Kier alpha value is -2.75. The van der Waals surface area contributed by atoms with Crippen LogP contribution in [0, 0.1) is 0 Å². The maximum Gasteiger partial charge on any atom is 0.238 e.